The molecule has 0 spiro atoms. The molecule has 4 nitrogen and oxygen atoms in total. The first-order valence-corrected chi connectivity index (χ1v) is 6.89. The van der Waals surface area contributed by atoms with Crippen LogP contribution >= 0.6 is 11.6 Å². The van der Waals surface area contributed by atoms with Gasteiger partial charge in [0.25, 0.3) is 5.91 Å². The molecule has 1 atom stereocenters. The zero-order valence-corrected chi connectivity index (χ0v) is 12.3. The van der Waals surface area contributed by atoms with Crippen molar-refractivity contribution < 1.29 is 14.6 Å². The van der Waals surface area contributed by atoms with E-state index in [1.807, 2.05) is 30.3 Å². The first-order chi connectivity index (χ1) is 10.1. The monoisotopic (exact) mass is 305 g/mol. The SMILES string of the molecule is COc1ccc(C(=O)NCC(Cl)c2ccccc2)c(O)c1. The molecule has 1 amide bonds. The number of rotatable bonds is 5. The van der Waals surface area contributed by atoms with Crippen molar-refractivity contribution in [3.63, 3.8) is 0 Å². The van der Waals surface area contributed by atoms with Gasteiger partial charge in [-0.2, -0.15) is 0 Å². The third kappa shape index (κ3) is 3.89. The molecule has 0 saturated carbocycles. The van der Waals surface area contributed by atoms with Gasteiger partial charge in [0.2, 0.25) is 0 Å². The van der Waals surface area contributed by atoms with Gasteiger partial charge in [0.05, 0.1) is 18.1 Å². The fourth-order valence-electron chi connectivity index (χ4n) is 1.89. The Hall–Kier alpha value is -2.20. The molecule has 0 heterocycles. The molecule has 5 heteroatoms. The second-order valence-electron chi connectivity index (χ2n) is 4.47. The van der Waals surface area contributed by atoms with E-state index in [0.29, 0.717) is 5.75 Å². The molecule has 0 aliphatic heterocycles. The van der Waals surface area contributed by atoms with Crippen LogP contribution in [0.25, 0.3) is 0 Å². The van der Waals surface area contributed by atoms with E-state index in [9.17, 15) is 9.90 Å². The Balaban J connectivity index is 1.99. The number of alkyl halides is 1. The Morgan fingerprint density at radius 2 is 2.00 bits per heavy atom. The maximum Gasteiger partial charge on any atom is 0.255 e. The summed E-state index contributed by atoms with van der Waals surface area (Å²) >= 11 is 6.23. The van der Waals surface area contributed by atoms with Crippen molar-refractivity contribution in [3.05, 3.63) is 59.7 Å². The van der Waals surface area contributed by atoms with Crippen molar-refractivity contribution in [2.75, 3.05) is 13.7 Å². The van der Waals surface area contributed by atoms with E-state index in [1.54, 1.807) is 6.07 Å². The summed E-state index contributed by atoms with van der Waals surface area (Å²) < 4.78 is 4.97. The van der Waals surface area contributed by atoms with Crippen LogP contribution in [0.1, 0.15) is 21.3 Å². The molecule has 1 unspecified atom stereocenters. The van der Waals surface area contributed by atoms with Crippen LogP contribution in [0.3, 0.4) is 0 Å². The van der Waals surface area contributed by atoms with Gasteiger partial charge in [-0.05, 0) is 17.7 Å². The van der Waals surface area contributed by atoms with Gasteiger partial charge < -0.3 is 15.2 Å². The van der Waals surface area contributed by atoms with Gasteiger partial charge in [-0.25, -0.2) is 0 Å². The van der Waals surface area contributed by atoms with Crippen LogP contribution in [0.4, 0.5) is 0 Å². The minimum Gasteiger partial charge on any atom is -0.507 e. The lowest BCUT2D eigenvalue weighted by molar-refractivity contribution is 0.0951. The minimum absolute atomic E-state index is 0.127. The molecule has 0 fully saturated rings. The zero-order valence-electron chi connectivity index (χ0n) is 11.5. The smallest absolute Gasteiger partial charge is 0.255 e. The largest absolute Gasteiger partial charge is 0.507 e. The molecule has 21 heavy (non-hydrogen) atoms. The van der Waals surface area contributed by atoms with Crippen LogP contribution in [-0.2, 0) is 0 Å². The summed E-state index contributed by atoms with van der Waals surface area (Å²) in [6.07, 6.45) is 0. The molecular weight excluding hydrogens is 290 g/mol. The molecule has 2 rings (SSSR count). The summed E-state index contributed by atoms with van der Waals surface area (Å²) in [5.74, 6) is -0.0158. The van der Waals surface area contributed by atoms with E-state index in [2.05, 4.69) is 5.32 Å². The third-order valence-corrected chi connectivity index (χ3v) is 3.46. The van der Waals surface area contributed by atoms with E-state index < -0.39 is 0 Å². The van der Waals surface area contributed by atoms with Crippen LogP contribution < -0.4 is 10.1 Å². The Morgan fingerprint density at radius 1 is 1.29 bits per heavy atom. The second kappa shape index (κ2) is 6.99. The molecule has 2 aromatic rings. The molecule has 0 aliphatic carbocycles. The molecule has 0 aromatic heterocycles. The molecule has 0 aliphatic rings. The predicted octanol–water partition coefficient (Wildman–Crippen LogP) is 3.11. The van der Waals surface area contributed by atoms with Crippen molar-refractivity contribution >= 4 is 17.5 Å². The zero-order chi connectivity index (χ0) is 15.2. The summed E-state index contributed by atoms with van der Waals surface area (Å²) in [6.45, 7) is 0.274. The normalized spacial score (nSPS) is 11.7. The highest BCUT2D eigenvalue weighted by Crippen LogP contribution is 2.24. The maximum absolute atomic E-state index is 12.0. The fraction of sp³-hybridized carbons (Fsp3) is 0.188. The van der Waals surface area contributed by atoms with Crippen LogP contribution in [-0.4, -0.2) is 24.7 Å². The first kappa shape index (κ1) is 15.2. The molecule has 110 valence electrons. The number of phenolic OH excluding ortho intramolecular Hbond substituents is 1. The number of hydrogen-bond donors (Lipinski definition) is 2. The third-order valence-electron chi connectivity index (χ3n) is 3.05. The molecule has 0 saturated heterocycles. The summed E-state index contributed by atoms with van der Waals surface area (Å²) in [7, 11) is 1.49. The summed E-state index contributed by atoms with van der Waals surface area (Å²) in [6, 6.07) is 14.0. The van der Waals surface area contributed by atoms with Gasteiger partial charge in [-0.15, -0.1) is 11.6 Å². The van der Waals surface area contributed by atoms with Crippen LogP contribution in [0.2, 0.25) is 0 Å². The van der Waals surface area contributed by atoms with E-state index in [0.717, 1.165) is 5.56 Å². The first-order valence-electron chi connectivity index (χ1n) is 6.46. The Morgan fingerprint density at radius 3 is 2.62 bits per heavy atom. The Kier molecular flexibility index (Phi) is 5.06. The van der Waals surface area contributed by atoms with Crippen LogP contribution in [0.5, 0.6) is 11.5 Å². The number of amides is 1. The fourth-order valence-corrected chi connectivity index (χ4v) is 2.11. The summed E-state index contributed by atoms with van der Waals surface area (Å²) in [4.78, 5) is 12.0. The number of ether oxygens (including phenoxy) is 1. The van der Waals surface area contributed by atoms with Gasteiger partial charge >= 0.3 is 0 Å². The number of halogens is 1. The highest BCUT2D eigenvalue weighted by molar-refractivity contribution is 6.21. The highest BCUT2D eigenvalue weighted by Gasteiger charge is 2.14. The second-order valence-corrected chi connectivity index (χ2v) is 5.00. The maximum atomic E-state index is 12.0. The molecular formula is C16H16ClNO3. The van der Waals surface area contributed by atoms with Gasteiger partial charge in [0.15, 0.2) is 0 Å². The molecule has 2 aromatic carbocycles. The average Bonchev–Trinajstić information content (AvgIpc) is 2.52. The standard InChI is InChI=1S/C16H16ClNO3/c1-21-12-7-8-13(15(19)9-12)16(20)18-10-14(17)11-5-3-2-4-6-11/h2-9,14,19H,10H2,1H3,(H,18,20). The minimum atomic E-state index is -0.378. The van der Waals surface area contributed by atoms with Crippen molar-refractivity contribution in [3.8, 4) is 11.5 Å². The lowest BCUT2D eigenvalue weighted by atomic mass is 10.1. The number of phenols is 1. The number of carbonyl (C=O) groups is 1. The van der Waals surface area contributed by atoms with Gasteiger partial charge in [0, 0.05) is 12.6 Å². The average molecular weight is 306 g/mol. The predicted molar refractivity (Wildman–Crippen MR) is 82.0 cm³/mol. The summed E-state index contributed by atoms with van der Waals surface area (Å²) in [5.41, 5.74) is 1.12. The lowest BCUT2D eigenvalue weighted by Crippen LogP contribution is -2.26. The van der Waals surface area contributed by atoms with Crippen molar-refractivity contribution in [2.24, 2.45) is 0 Å². The number of hydrogen-bond acceptors (Lipinski definition) is 3. The Labute approximate surface area is 128 Å². The Bertz CT molecular complexity index is 616. The van der Waals surface area contributed by atoms with E-state index in [4.69, 9.17) is 16.3 Å². The molecule has 0 bridgehead atoms. The quantitative estimate of drug-likeness (QED) is 0.835. The van der Waals surface area contributed by atoms with Crippen LogP contribution in [0, 0.1) is 0 Å². The van der Waals surface area contributed by atoms with Crippen molar-refractivity contribution in [1.29, 1.82) is 0 Å². The number of benzene rings is 2. The topological polar surface area (TPSA) is 58.6 Å². The highest BCUT2D eigenvalue weighted by atomic mass is 35.5. The molecule has 0 radical (unpaired) electrons. The van der Waals surface area contributed by atoms with Crippen molar-refractivity contribution in [1.82, 2.24) is 5.32 Å². The van der Waals surface area contributed by atoms with E-state index >= 15 is 0 Å². The van der Waals surface area contributed by atoms with Gasteiger partial charge in [-0.1, -0.05) is 30.3 Å². The van der Waals surface area contributed by atoms with E-state index in [1.165, 1.54) is 19.2 Å². The van der Waals surface area contributed by atoms with Gasteiger partial charge in [0.1, 0.15) is 11.5 Å². The summed E-state index contributed by atoms with van der Waals surface area (Å²) in [5, 5.41) is 12.2. The van der Waals surface area contributed by atoms with Gasteiger partial charge in [-0.3, -0.25) is 4.79 Å². The number of carbonyl (C=O) groups excluding carboxylic acids is 1. The lowest BCUT2D eigenvalue weighted by Gasteiger charge is -2.12. The number of methoxy groups -OCH3 is 1. The number of nitrogens with one attached hydrogen (secondary N) is 1. The number of aromatic hydroxyl groups is 1. The molecule has 2 N–H and O–H groups in total. The van der Waals surface area contributed by atoms with E-state index in [-0.39, 0.29) is 29.1 Å². The van der Waals surface area contributed by atoms with Crippen molar-refractivity contribution in [2.45, 2.75) is 5.38 Å². The van der Waals surface area contributed by atoms with Crippen LogP contribution in [0.15, 0.2) is 48.5 Å².